The van der Waals surface area contributed by atoms with Crippen molar-refractivity contribution in [3.8, 4) is 23.7 Å². The van der Waals surface area contributed by atoms with E-state index in [1.807, 2.05) is 38.1 Å². The van der Waals surface area contributed by atoms with Crippen LogP contribution in [0.5, 0.6) is 0 Å². The number of halogens is 1. The van der Waals surface area contributed by atoms with Gasteiger partial charge in [-0.25, -0.2) is 4.39 Å². The van der Waals surface area contributed by atoms with Crippen molar-refractivity contribution in [2.24, 2.45) is 11.8 Å². The molecule has 3 aromatic carbocycles. The number of hydrogen-bond donors (Lipinski definition) is 0. The maximum absolute atomic E-state index is 14.0. The van der Waals surface area contributed by atoms with E-state index in [0.717, 1.165) is 39.7 Å². The van der Waals surface area contributed by atoms with Gasteiger partial charge in [-0.05, 0) is 104 Å². The van der Waals surface area contributed by atoms with Gasteiger partial charge in [-0.15, -0.1) is 0 Å². The smallest absolute Gasteiger partial charge is 0.139 e. The molecule has 1 saturated carbocycles. The lowest BCUT2D eigenvalue weighted by atomic mass is 9.80. The Morgan fingerprint density at radius 2 is 1.36 bits per heavy atom. The number of benzene rings is 3. The van der Waals surface area contributed by atoms with E-state index in [4.69, 9.17) is 0 Å². The van der Waals surface area contributed by atoms with Gasteiger partial charge in [0.2, 0.25) is 0 Å². The first-order chi connectivity index (χ1) is 16.0. The van der Waals surface area contributed by atoms with Gasteiger partial charge >= 0.3 is 0 Å². The highest BCUT2D eigenvalue weighted by Gasteiger charge is 2.18. The van der Waals surface area contributed by atoms with Gasteiger partial charge in [0, 0.05) is 16.7 Å². The van der Waals surface area contributed by atoms with E-state index in [1.54, 1.807) is 6.07 Å². The minimum atomic E-state index is -0.277. The summed E-state index contributed by atoms with van der Waals surface area (Å²) in [4.78, 5) is 0. The molecule has 1 heteroatoms. The van der Waals surface area contributed by atoms with Crippen LogP contribution in [0, 0.1) is 55.2 Å². The Kier molecular flexibility index (Phi) is 7.32. The summed E-state index contributed by atoms with van der Waals surface area (Å²) in [6.07, 6.45) is 6.67. The summed E-state index contributed by atoms with van der Waals surface area (Å²) in [5.74, 6) is 14.1. The summed E-state index contributed by atoms with van der Waals surface area (Å²) in [5.41, 5.74) is 6.69. The third kappa shape index (κ3) is 6.37. The van der Waals surface area contributed by atoms with Gasteiger partial charge < -0.3 is 0 Å². The van der Waals surface area contributed by atoms with Crippen LogP contribution in [0.3, 0.4) is 0 Å². The highest BCUT2D eigenvalue weighted by Crippen LogP contribution is 2.30. The number of rotatable bonds is 2. The number of hydrogen-bond acceptors (Lipinski definition) is 0. The van der Waals surface area contributed by atoms with Crippen molar-refractivity contribution in [3.63, 3.8) is 0 Å². The van der Waals surface area contributed by atoms with Crippen LogP contribution < -0.4 is 0 Å². The first-order valence-corrected chi connectivity index (χ1v) is 12.0. The maximum atomic E-state index is 14.0. The first-order valence-electron chi connectivity index (χ1n) is 12.0. The molecule has 3 aromatic rings. The molecule has 1 fully saturated rings. The van der Waals surface area contributed by atoms with Crippen LogP contribution in [0.15, 0.2) is 60.7 Å². The highest BCUT2D eigenvalue weighted by atomic mass is 19.1. The van der Waals surface area contributed by atoms with Crippen molar-refractivity contribution in [2.45, 2.75) is 52.9 Å². The molecular weight excluding hydrogens is 403 g/mol. The van der Waals surface area contributed by atoms with E-state index >= 15 is 0 Å². The van der Waals surface area contributed by atoms with Crippen molar-refractivity contribution >= 4 is 0 Å². The molecule has 0 radical (unpaired) electrons. The second-order valence-electron chi connectivity index (χ2n) is 9.54. The second-order valence-corrected chi connectivity index (χ2v) is 9.54. The summed E-state index contributed by atoms with van der Waals surface area (Å²) in [6, 6.07) is 19.8. The third-order valence-electron chi connectivity index (χ3n) is 6.65. The molecule has 0 amide bonds. The monoisotopic (exact) mass is 434 g/mol. The van der Waals surface area contributed by atoms with Crippen molar-refractivity contribution in [3.05, 3.63) is 105 Å². The van der Waals surface area contributed by atoms with E-state index in [-0.39, 0.29) is 5.82 Å². The van der Waals surface area contributed by atoms with Gasteiger partial charge in [-0.1, -0.05) is 61.6 Å². The Bertz CT molecular complexity index is 1230. The van der Waals surface area contributed by atoms with Crippen LogP contribution in [0.1, 0.15) is 71.6 Å². The lowest BCUT2D eigenvalue weighted by Crippen LogP contribution is -2.14. The van der Waals surface area contributed by atoms with Crippen molar-refractivity contribution < 1.29 is 4.39 Å². The lowest BCUT2D eigenvalue weighted by Gasteiger charge is -2.26. The minimum Gasteiger partial charge on any atom is -0.206 e. The van der Waals surface area contributed by atoms with Gasteiger partial charge in [-0.2, -0.15) is 0 Å². The molecule has 0 heterocycles. The largest absolute Gasteiger partial charge is 0.206 e. The molecule has 0 spiro atoms. The SMILES string of the molecule is Cc1ccc(C#Cc2ccc(C#Cc3ccc(CC4CCC(C)CC4)cc3)c(C)c2)c(F)c1. The van der Waals surface area contributed by atoms with Crippen LogP contribution in [-0.4, -0.2) is 0 Å². The summed E-state index contributed by atoms with van der Waals surface area (Å²) in [5, 5.41) is 0. The number of aryl methyl sites for hydroxylation is 2. The molecule has 1 aliphatic rings. The van der Waals surface area contributed by atoms with Gasteiger partial charge in [0.05, 0.1) is 5.56 Å². The normalized spacial score (nSPS) is 17.5. The van der Waals surface area contributed by atoms with Crippen LogP contribution in [0.25, 0.3) is 0 Å². The van der Waals surface area contributed by atoms with Gasteiger partial charge in [-0.3, -0.25) is 0 Å². The maximum Gasteiger partial charge on any atom is 0.139 e. The van der Waals surface area contributed by atoms with E-state index in [9.17, 15) is 4.39 Å². The van der Waals surface area contributed by atoms with Crippen LogP contribution in [0.2, 0.25) is 0 Å². The van der Waals surface area contributed by atoms with Crippen LogP contribution in [-0.2, 0) is 6.42 Å². The van der Waals surface area contributed by atoms with Crippen molar-refractivity contribution in [1.29, 1.82) is 0 Å². The zero-order valence-electron chi connectivity index (χ0n) is 19.8. The second kappa shape index (κ2) is 10.6. The first kappa shape index (κ1) is 22.9. The average molecular weight is 435 g/mol. The molecule has 0 saturated heterocycles. The van der Waals surface area contributed by atoms with E-state index in [1.165, 1.54) is 43.7 Å². The quantitative estimate of drug-likeness (QED) is 0.364. The van der Waals surface area contributed by atoms with Crippen molar-refractivity contribution in [2.75, 3.05) is 0 Å². The van der Waals surface area contributed by atoms with Crippen molar-refractivity contribution in [1.82, 2.24) is 0 Å². The fraction of sp³-hybridized carbons (Fsp3) is 0.312. The fourth-order valence-corrected chi connectivity index (χ4v) is 4.47. The summed E-state index contributed by atoms with van der Waals surface area (Å²) >= 11 is 0. The van der Waals surface area contributed by atoms with Crippen LogP contribution in [0.4, 0.5) is 4.39 Å². The third-order valence-corrected chi connectivity index (χ3v) is 6.65. The molecule has 0 bridgehead atoms. The lowest BCUT2D eigenvalue weighted by molar-refractivity contribution is 0.289. The molecule has 0 N–H and O–H groups in total. The Hall–Kier alpha value is -3.29. The molecule has 166 valence electrons. The Morgan fingerprint density at radius 3 is 2.06 bits per heavy atom. The Balaban J connectivity index is 1.41. The summed E-state index contributed by atoms with van der Waals surface area (Å²) in [7, 11) is 0. The minimum absolute atomic E-state index is 0.277. The molecule has 0 nitrogen and oxygen atoms in total. The molecule has 0 aromatic heterocycles. The topological polar surface area (TPSA) is 0 Å². The summed E-state index contributed by atoms with van der Waals surface area (Å²) < 4.78 is 14.0. The zero-order chi connectivity index (χ0) is 23.2. The zero-order valence-corrected chi connectivity index (χ0v) is 19.8. The fourth-order valence-electron chi connectivity index (χ4n) is 4.47. The van der Waals surface area contributed by atoms with Crippen LogP contribution >= 0.6 is 0 Å². The standard InChI is InChI=1S/C32H31F/c1-23-4-7-28(8-5-23)22-29-11-9-26(10-12-29)13-17-30-18-14-27(21-25(30)3)15-19-31-16-6-24(2)20-32(31)33/h6,9-12,14,16,18,20-21,23,28H,4-5,7-8,22H2,1-3H3. The van der Waals surface area contributed by atoms with Gasteiger partial charge in [0.15, 0.2) is 0 Å². The Morgan fingerprint density at radius 1 is 0.727 bits per heavy atom. The molecule has 4 rings (SSSR count). The summed E-state index contributed by atoms with van der Waals surface area (Å²) in [6.45, 7) is 6.28. The molecule has 0 atom stereocenters. The molecule has 0 unspecified atom stereocenters. The molecule has 1 aliphatic carbocycles. The molecule has 0 aliphatic heterocycles. The van der Waals surface area contributed by atoms with E-state index in [2.05, 4.69) is 54.9 Å². The molecule has 33 heavy (non-hydrogen) atoms. The Labute approximate surface area is 198 Å². The average Bonchev–Trinajstić information content (AvgIpc) is 2.80. The predicted octanol–water partition coefficient (Wildman–Crippen LogP) is 7.61. The van der Waals surface area contributed by atoms with E-state index in [0.29, 0.717) is 5.56 Å². The van der Waals surface area contributed by atoms with E-state index < -0.39 is 0 Å². The predicted molar refractivity (Wildman–Crippen MR) is 136 cm³/mol. The molecular formula is C32H31F. The van der Waals surface area contributed by atoms with Gasteiger partial charge in [0.1, 0.15) is 5.82 Å². The van der Waals surface area contributed by atoms with Gasteiger partial charge in [0.25, 0.3) is 0 Å². The highest BCUT2D eigenvalue weighted by molar-refractivity contribution is 5.51.